The normalized spacial score (nSPS) is 11.0. The maximum Gasteiger partial charge on any atom is 0.250 e. The summed E-state index contributed by atoms with van der Waals surface area (Å²) in [7, 11) is 0. The van der Waals surface area contributed by atoms with E-state index in [2.05, 4.69) is 32.5 Å². The van der Waals surface area contributed by atoms with Gasteiger partial charge >= 0.3 is 0 Å². The Hall–Kier alpha value is -1.79. The summed E-state index contributed by atoms with van der Waals surface area (Å²) in [6, 6.07) is 15.6. The third-order valence-corrected chi connectivity index (χ3v) is 4.54. The summed E-state index contributed by atoms with van der Waals surface area (Å²) >= 11 is 4.99. The number of carbonyl (C=O) groups excluding carboxylic acids is 1. The SMILES string of the molecule is CC(C)Oc1ccc(/C=N\NC(=O)CSCc2cccc(Br)c2)cc1. The first kappa shape index (κ1) is 19.5. The maximum atomic E-state index is 11.8. The van der Waals surface area contributed by atoms with Crippen LogP contribution in [0, 0.1) is 0 Å². The molecule has 0 saturated heterocycles. The van der Waals surface area contributed by atoms with Gasteiger partial charge in [0.2, 0.25) is 5.91 Å². The van der Waals surface area contributed by atoms with Crippen LogP contribution in [0.25, 0.3) is 0 Å². The first-order valence-corrected chi connectivity index (χ1v) is 9.88. The molecule has 0 fully saturated rings. The Labute approximate surface area is 161 Å². The zero-order chi connectivity index (χ0) is 18.1. The van der Waals surface area contributed by atoms with Gasteiger partial charge in [-0.1, -0.05) is 28.1 Å². The van der Waals surface area contributed by atoms with Crippen molar-refractivity contribution in [3.8, 4) is 5.75 Å². The van der Waals surface area contributed by atoms with Crippen LogP contribution in [0.4, 0.5) is 0 Å². The van der Waals surface area contributed by atoms with Crippen molar-refractivity contribution in [2.75, 3.05) is 5.75 Å². The van der Waals surface area contributed by atoms with Gasteiger partial charge in [0.1, 0.15) is 5.75 Å². The molecule has 132 valence electrons. The molecule has 2 aromatic rings. The number of hydrogen-bond donors (Lipinski definition) is 1. The molecule has 0 aromatic heterocycles. The largest absolute Gasteiger partial charge is 0.491 e. The minimum absolute atomic E-state index is 0.115. The van der Waals surface area contributed by atoms with Crippen LogP contribution in [0.1, 0.15) is 25.0 Å². The molecule has 2 rings (SSSR count). The Balaban J connectivity index is 1.71. The molecule has 1 N–H and O–H groups in total. The molecule has 0 aliphatic carbocycles. The molecule has 2 aromatic carbocycles. The van der Waals surface area contributed by atoms with Gasteiger partial charge in [0.15, 0.2) is 0 Å². The fraction of sp³-hybridized carbons (Fsp3) is 0.263. The molecule has 0 heterocycles. The van der Waals surface area contributed by atoms with Gasteiger partial charge < -0.3 is 4.74 Å². The second-order valence-electron chi connectivity index (χ2n) is 5.65. The monoisotopic (exact) mass is 420 g/mol. The van der Waals surface area contributed by atoms with E-state index in [1.54, 1.807) is 18.0 Å². The van der Waals surface area contributed by atoms with E-state index < -0.39 is 0 Å². The number of hydrazone groups is 1. The van der Waals surface area contributed by atoms with E-state index >= 15 is 0 Å². The first-order chi connectivity index (χ1) is 12.0. The molecule has 0 spiro atoms. The van der Waals surface area contributed by atoms with Crippen molar-refractivity contribution >= 4 is 39.8 Å². The zero-order valence-corrected chi connectivity index (χ0v) is 16.6. The Bertz CT molecular complexity index is 718. The lowest BCUT2D eigenvalue weighted by Crippen LogP contribution is -2.19. The lowest BCUT2D eigenvalue weighted by molar-refractivity contribution is -0.118. The summed E-state index contributed by atoms with van der Waals surface area (Å²) in [4.78, 5) is 11.8. The molecule has 0 radical (unpaired) electrons. The number of nitrogens with zero attached hydrogens (tertiary/aromatic N) is 1. The van der Waals surface area contributed by atoms with Gasteiger partial charge in [0.05, 0.1) is 18.1 Å². The summed E-state index contributed by atoms with van der Waals surface area (Å²) in [5.74, 6) is 1.86. The average Bonchev–Trinajstić information content (AvgIpc) is 2.56. The predicted octanol–water partition coefficient (Wildman–Crippen LogP) is 4.62. The number of ether oxygens (including phenoxy) is 1. The molecule has 25 heavy (non-hydrogen) atoms. The van der Waals surface area contributed by atoms with Crippen LogP contribution in [0.5, 0.6) is 5.75 Å². The average molecular weight is 421 g/mol. The fourth-order valence-electron chi connectivity index (χ4n) is 2.00. The summed E-state index contributed by atoms with van der Waals surface area (Å²) in [5, 5.41) is 3.99. The molecule has 4 nitrogen and oxygen atoms in total. The van der Waals surface area contributed by atoms with Crippen molar-refractivity contribution in [1.82, 2.24) is 5.43 Å². The van der Waals surface area contributed by atoms with Crippen LogP contribution in [0.3, 0.4) is 0 Å². The fourth-order valence-corrected chi connectivity index (χ4v) is 3.22. The Morgan fingerprint density at radius 1 is 1.28 bits per heavy atom. The Morgan fingerprint density at radius 2 is 2.04 bits per heavy atom. The lowest BCUT2D eigenvalue weighted by Gasteiger charge is -2.09. The van der Waals surface area contributed by atoms with E-state index in [9.17, 15) is 4.79 Å². The van der Waals surface area contributed by atoms with Crippen LogP contribution in [0.2, 0.25) is 0 Å². The van der Waals surface area contributed by atoms with Crippen LogP contribution in [-0.2, 0) is 10.5 Å². The summed E-state index contributed by atoms with van der Waals surface area (Å²) in [6.07, 6.45) is 1.77. The summed E-state index contributed by atoms with van der Waals surface area (Å²) < 4.78 is 6.63. The molecule has 0 aliphatic heterocycles. The topological polar surface area (TPSA) is 50.7 Å². The minimum atomic E-state index is -0.115. The van der Waals surface area contributed by atoms with Crippen molar-refractivity contribution in [2.45, 2.75) is 25.7 Å². The minimum Gasteiger partial charge on any atom is -0.491 e. The molecule has 0 atom stereocenters. The third-order valence-electron chi connectivity index (χ3n) is 3.05. The quantitative estimate of drug-likeness (QED) is 0.500. The molecule has 6 heteroatoms. The van der Waals surface area contributed by atoms with Crippen molar-refractivity contribution in [2.24, 2.45) is 5.10 Å². The van der Waals surface area contributed by atoms with E-state index in [-0.39, 0.29) is 12.0 Å². The first-order valence-electron chi connectivity index (χ1n) is 7.94. The highest BCUT2D eigenvalue weighted by Gasteiger charge is 2.01. The molecular formula is C19H21BrN2O2S. The van der Waals surface area contributed by atoms with Gasteiger partial charge in [0.25, 0.3) is 0 Å². The standard InChI is InChI=1S/C19H21BrN2O2S/c1-14(2)24-18-8-6-15(7-9-18)11-21-22-19(23)13-25-12-16-4-3-5-17(20)10-16/h3-11,14H,12-13H2,1-2H3,(H,22,23)/b21-11-. The van der Waals surface area contributed by atoms with E-state index in [4.69, 9.17) is 4.74 Å². The predicted molar refractivity (Wildman–Crippen MR) is 108 cm³/mol. The highest BCUT2D eigenvalue weighted by molar-refractivity contribution is 9.10. The van der Waals surface area contributed by atoms with Crippen LogP contribution in [0.15, 0.2) is 58.1 Å². The zero-order valence-electron chi connectivity index (χ0n) is 14.2. The second kappa shape index (κ2) is 10.3. The Kier molecular flexibility index (Phi) is 8.01. The molecular weight excluding hydrogens is 400 g/mol. The van der Waals surface area contributed by atoms with Crippen molar-refractivity contribution in [1.29, 1.82) is 0 Å². The highest BCUT2D eigenvalue weighted by Crippen LogP contribution is 2.17. The Morgan fingerprint density at radius 3 is 2.72 bits per heavy atom. The second-order valence-corrected chi connectivity index (χ2v) is 7.55. The van der Waals surface area contributed by atoms with Crippen LogP contribution < -0.4 is 10.2 Å². The van der Waals surface area contributed by atoms with Crippen LogP contribution >= 0.6 is 27.7 Å². The van der Waals surface area contributed by atoms with Crippen molar-refractivity contribution in [3.63, 3.8) is 0 Å². The van der Waals surface area contributed by atoms with Gasteiger partial charge in [-0.05, 0) is 61.4 Å². The molecule has 0 unspecified atom stereocenters. The molecule has 1 amide bonds. The number of carbonyl (C=O) groups is 1. The summed E-state index contributed by atoms with van der Waals surface area (Å²) in [5.41, 5.74) is 4.63. The van der Waals surface area contributed by atoms with Gasteiger partial charge in [-0.3, -0.25) is 4.79 Å². The summed E-state index contributed by atoms with van der Waals surface area (Å²) in [6.45, 7) is 3.97. The number of benzene rings is 2. The van der Waals surface area contributed by atoms with Crippen molar-refractivity contribution < 1.29 is 9.53 Å². The van der Waals surface area contributed by atoms with Crippen LogP contribution in [-0.4, -0.2) is 24.0 Å². The molecule has 0 aliphatic rings. The number of nitrogens with one attached hydrogen (secondary N) is 1. The van der Waals surface area contributed by atoms with E-state index in [1.165, 1.54) is 5.56 Å². The maximum absolute atomic E-state index is 11.8. The van der Waals surface area contributed by atoms with E-state index in [1.807, 2.05) is 56.3 Å². The smallest absolute Gasteiger partial charge is 0.250 e. The lowest BCUT2D eigenvalue weighted by atomic mass is 10.2. The van der Waals surface area contributed by atoms with Gasteiger partial charge in [-0.25, -0.2) is 5.43 Å². The number of thioether (sulfide) groups is 1. The van der Waals surface area contributed by atoms with Gasteiger partial charge in [0, 0.05) is 10.2 Å². The molecule has 0 saturated carbocycles. The van der Waals surface area contributed by atoms with Crippen molar-refractivity contribution in [3.05, 3.63) is 64.1 Å². The van der Waals surface area contributed by atoms with E-state index in [0.717, 1.165) is 21.5 Å². The van der Waals surface area contributed by atoms with E-state index in [0.29, 0.717) is 5.75 Å². The van der Waals surface area contributed by atoms with Gasteiger partial charge in [-0.15, -0.1) is 11.8 Å². The highest BCUT2D eigenvalue weighted by atomic mass is 79.9. The molecule has 0 bridgehead atoms. The number of halogens is 1. The number of rotatable bonds is 8. The number of amides is 1. The van der Waals surface area contributed by atoms with Gasteiger partial charge in [-0.2, -0.15) is 5.10 Å². The third kappa shape index (κ3) is 7.75. The number of hydrogen-bond acceptors (Lipinski definition) is 4.